The maximum absolute atomic E-state index is 3.58. The summed E-state index contributed by atoms with van der Waals surface area (Å²) in [7, 11) is 0. The molecule has 0 bridgehead atoms. The Balaban J connectivity index is 3.42. The quantitative estimate of drug-likeness (QED) is 0.617. The van der Waals surface area contributed by atoms with Crippen LogP contribution in [0.4, 0.5) is 0 Å². The Kier molecular flexibility index (Phi) is 7.20. The van der Waals surface area contributed by atoms with Crippen LogP contribution in [0, 0.1) is 0 Å². The van der Waals surface area contributed by atoms with Gasteiger partial charge in [-0.2, -0.15) is 0 Å². The van der Waals surface area contributed by atoms with Crippen LogP contribution in [0.25, 0.3) is 0 Å². The van der Waals surface area contributed by atoms with Gasteiger partial charge in [0.25, 0.3) is 0 Å². The summed E-state index contributed by atoms with van der Waals surface area (Å²) in [6, 6.07) is 0.710. The smallest absolute Gasteiger partial charge is 0.00970 e. The highest BCUT2D eigenvalue weighted by Crippen LogP contribution is 2.00. The highest BCUT2D eigenvalue weighted by atomic mass is 15.0. The van der Waals surface area contributed by atoms with Crippen molar-refractivity contribution in [1.82, 2.24) is 10.6 Å². The standard InChI is InChI=1S/C12H28N2/c1-6-8-11(7-2)13-9-10-14-12(3,4)5/h11,13-14H,6-10H2,1-5H3. The highest BCUT2D eigenvalue weighted by Gasteiger charge is 2.08. The second-order valence-electron chi connectivity index (χ2n) is 5.02. The van der Waals surface area contributed by atoms with Gasteiger partial charge < -0.3 is 10.6 Å². The second-order valence-corrected chi connectivity index (χ2v) is 5.02. The lowest BCUT2D eigenvalue weighted by Gasteiger charge is -2.22. The fourth-order valence-corrected chi connectivity index (χ4v) is 1.51. The number of nitrogens with one attached hydrogen (secondary N) is 2. The molecule has 0 aliphatic carbocycles. The number of hydrogen-bond acceptors (Lipinski definition) is 2. The van der Waals surface area contributed by atoms with Crippen molar-refractivity contribution in [3.63, 3.8) is 0 Å². The van der Waals surface area contributed by atoms with E-state index in [2.05, 4.69) is 45.3 Å². The average Bonchev–Trinajstić information content (AvgIpc) is 2.08. The van der Waals surface area contributed by atoms with Gasteiger partial charge in [-0.05, 0) is 33.6 Å². The first-order chi connectivity index (χ1) is 6.49. The van der Waals surface area contributed by atoms with Crippen LogP contribution in [-0.4, -0.2) is 24.7 Å². The van der Waals surface area contributed by atoms with Gasteiger partial charge in [-0.25, -0.2) is 0 Å². The molecule has 0 radical (unpaired) electrons. The second kappa shape index (κ2) is 7.24. The predicted octanol–water partition coefficient (Wildman–Crippen LogP) is 2.54. The van der Waals surface area contributed by atoms with E-state index in [0.29, 0.717) is 6.04 Å². The fraction of sp³-hybridized carbons (Fsp3) is 1.00. The van der Waals surface area contributed by atoms with E-state index in [-0.39, 0.29) is 5.54 Å². The van der Waals surface area contributed by atoms with Gasteiger partial charge in [0.2, 0.25) is 0 Å². The zero-order chi connectivity index (χ0) is 11.0. The lowest BCUT2D eigenvalue weighted by Crippen LogP contribution is -2.42. The molecule has 1 atom stereocenters. The SMILES string of the molecule is CCCC(CC)NCCNC(C)(C)C. The molecule has 2 heteroatoms. The Hall–Kier alpha value is -0.0800. The van der Waals surface area contributed by atoms with E-state index in [1.165, 1.54) is 19.3 Å². The Bertz CT molecular complexity index is 127. The normalized spacial score (nSPS) is 14.4. The van der Waals surface area contributed by atoms with Crippen molar-refractivity contribution in [3.8, 4) is 0 Å². The zero-order valence-corrected chi connectivity index (χ0v) is 10.6. The molecule has 0 heterocycles. The summed E-state index contributed by atoms with van der Waals surface area (Å²) in [4.78, 5) is 0. The first-order valence-electron chi connectivity index (χ1n) is 5.98. The molecule has 14 heavy (non-hydrogen) atoms. The maximum Gasteiger partial charge on any atom is 0.00970 e. The summed E-state index contributed by atoms with van der Waals surface area (Å²) in [5.74, 6) is 0. The van der Waals surface area contributed by atoms with Gasteiger partial charge in [0.1, 0.15) is 0 Å². The van der Waals surface area contributed by atoms with Crippen molar-refractivity contribution in [2.75, 3.05) is 13.1 Å². The van der Waals surface area contributed by atoms with Crippen molar-refractivity contribution in [2.45, 2.75) is 65.5 Å². The summed E-state index contributed by atoms with van der Waals surface area (Å²) in [5, 5.41) is 7.06. The van der Waals surface area contributed by atoms with Crippen molar-refractivity contribution < 1.29 is 0 Å². The Morgan fingerprint density at radius 1 is 1.07 bits per heavy atom. The molecule has 0 amide bonds. The van der Waals surface area contributed by atoms with Crippen LogP contribution in [0.15, 0.2) is 0 Å². The summed E-state index contributed by atoms with van der Waals surface area (Å²) >= 11 is 0. The van der Waals surface area contributed by atoms with Gasteiger partial charge >= 0.3 is 0 Å². The van der Waals surface area contributed by atoms with E-state index < -0.39 is 0 Å². The van der Waals surface area contributed by atoms with E-state index in [4.69, 9.17) is 0 Å². The van der Waals surface area contributed by atoms with Crippen molar-refractivity contribution in [2.24, 2.45) is 0 Å². The van der Waals surface area contributed by atoms with E-state index >= 15 is 0 Å². The lowest BCUT2D eigenvalue weighted by molar-refractivity contribution is 0.399. The molecular weight excluding hydrogens is 172 g/mol. The number of hydrogen-bond donors (Lipinski definition) is 2. The van der Waals surface area contributed by atoms with Crippen LogP contribution in [0.3, 0.4) is 0 Å². The van der Waals surface area contributed by atoms with Crippen LogP contribution >= 0.6 is 0 Å². The molecule has 0 rings (SSSR count). The Morgan fingerprint density at radius 2 is 1.71 bits per heavy atom. The maximum atomic E-state index is 3.58. The third kappa shape index (κ3) is 8.52. The highest BCUT2D eigenvalue weighted by molar-refractivity contribution is 4.72. The van der Waals surface area contributed by atoms with Gasteiger partial charge in [0.05, 0.1) is 0 Å². The lowest BCUT2D eigenvalue weighted by atomic mass is 10.1. The summed E-state index contributed by atoms with van der Waals surface area (Å²) in [6.07, 6.45) is 3.81. The minimum Gasteiger partial charge on any atom is -0.313 e. The Morgan fingerprint density at radius 3 is 2.14 bits per heavy atom. The predicted molar refractivity (Wildman–Crippen MR) is 64.7 cm³/mol. The topological polar surface area (TPSA) is 24.1 Å². The van der Waals surface area contributed by atoms with Crippen molar-refractivity contribution >= 4 is 0 Å². The molecular formula is C12H28N2. The molecule has 0 saturated carbocycles. The largest absolute Gasteiger partial charge is 0.313 e. The molecule has 0 fully saturated rings. The first kappa shape index (κ1) is 13.9. The molecule has 86 valence electrons. The molecule has 0 aromatic rings. The fourth-order valence-electron chi connectivity index (χ4n) is 1.51. The van der Waals surface area contributed by atoms with E-state index in [0.717, 1.165) is 13.1 Å². The average molecular weight is 200 g/mol. The molecule has 0 aromatic carbocycles. The molecule has 2 nitrogen and oxygen atoms in total. The third-order valence-electron chi connectivity index (χ3n) is 2.34. The first-order valence-corrected chi connectivity index (χ1v) is 5.98. The van der Waals surface area contributed by atoms with E-state index in [1.54, 1.807) is 0 Å². The molecule has 1 unspecified atom stereocenters. The summed E-state index contributed by atoms with van der Waals surface area (Å²) in [5.41, 5.74) is 0.244. The van der Waals surface area contributed by atoms with E-state index in [1.807, 2.05) is 0 Å². The van der Waals surface area contributed by atoms with Gasteiger partial charge in [-0.3, -0.25) is 0 Å². The van der Waals surface area contributed by atoms with Crippen LogP contribution in [-0.2, 0) is 0 Å². The van der Waals surface area contributed by atoms with Gasteiger partial charge in [-0.15, -0.1) is 0 Å². The molecule has 0 aliphatic heterocycles. The van der Waals surface area contributed by atoms with Crippen LogP contribution in [0.1, 0.15) is 53.9 Å². The molecule has 0 aromatic heterocycles. The molecule has 0 aliphatic rings. The van der Waals surface area contributed by atoms with Gasteiger partial charge in [0, 0.05) is 24.7 Å². The number of rotatable bonds is 7. The van der Waals surface area contributed by atoms with Crippen LogP contribution in [0.2, 0.25) is 0 Å². The minimum atomic E-state index is 0.244. The van der Waals surface area contributed by atoms with Gasteiger partial charge in [-0.1, -0.05) is 20.3 Å². The third-order valence-corrected chi connectivity index (χ3v) is 2.34. The zero-order valence-electron chi connectivity index (χ0n) is 10.6. The van der Waals surface area contributed by atoms with Crippen LogP contribution in [0.5, 0.6) is 0 Å². The van der Waals surface area contributed by atoms with E-state index in [9.17, 15) is 0 Å². The van der Waals surface area contributed by atoms with Crippen LogP contribution < -0.4 is 10.6 Å². The molecule has 0 spiro atoms. The Labute approximate surface area is 89.9 Å². The molecule has 0 saturated heterocycles. The van der Waals surface area contributed by atoms with Crippen molar-refractivity contribution in [1.29, 1.82) is 0 Å². The van der Waals surface area contributed by atoms with Gasteiger partial charge in [0.15, 0.2) is 0 Å². The molecule has 2 N–H and O–H groups in total. The monoisotopic (exact) mass is 200 g/mol. The minimum absolute atomic E-state index is 0.244. The summed E-state index contributed by atoms with van der Waals surface area (Å²) < 4.78 is 0. The van der Waals surface area contributed by atoms with Crippen molar-refractivity contribution in [3.05, 3.63) is 0 Å². The summed E-state index contributed by atoms with van der Waals surface area (Å²) in [6.45, 7) is 13.3.